The Bertz CT molecular complexity index is 3380. The van der Waals surface area contributed by atoms with E-state index in [1.807, 2.05) is 42.7 Å². The molecule has 0 fully saturated rings. The zero-order chi connectivity index (χ0) is 37.3. The van der Waals surface area contributed by atoms with Gasteiger partial charge in [0.2, 0.25) is 0 Å². The van der Waals surface area contributed by atoms with Crippen LogP contribution in [0.3, 0.4) is 0 Å². The van der Waals surface area contributed by atoms with Crippen LogP contribution in [0.1, 0.15) is 11.1 Å². The first-order valence-electron chi connectivity index (χ1n) is 18.2. The lowest BCUT2D eigenvalue weighted by atomic mass is 10.0. The topological polar surface area (TPSA) is 88.2 Å². The number of nitrogens with zero attached hydrogens (tertiary/aromatic N) is 7. The first kappa shape index (κ1) is 31.8. The summed E-state index contributed by atoms with van der Waals surface area (Å²) in [5.41, 5.74) is 8.46. The maximum absolute atomic E-state index is 9.85. The molecule has 260 valence electrons. The van der Waals surface area contributed by atoms with E-state index >= 15 is 0 Å². The molecule has 0 aliphatic heterocycles. The summed E-state index contributed by atoms with van der Waals surface area (Å²) >= 11 is 1.52. The minimum absolute atomic E-state index is 0.472. The van der Waals surface area contributed by atoms with E-state index in [2.05, 4.69) is 135 Å². The van der Waals surface area contributed by atoms with Crippen LogP contribution in [-0.4, -0.2) is 23.7 Å². The number of aromatic nitrogens is 5. The van der Waals surface area contributed by atoms with E-state index in [0.29, 0.717) is 11.1 Å². The average Bonchev–Trinajstić information content (AvgIpc) is 3.91. The van der Waals surface area contributed by atoms with E-state index in [-0.39, 0.29) is 0 Å². The Balaban J connectivity index is 1.31. The van der Waals surface area contributed by atoms with E-state index in [1.165, 1.54) is 11.8 Å². The van der Waals surface area contributed by atoms with Crippen LogP contribution >= 0.6 is 11.8 Å². The zero-order valence-electron chi connectivity index (χ0n) is 29.6. The van der Waals surface area contributed by atoms with Crippen molar-refractivity contribution in [2.24, 2.45) is 0 Å². The molecule has 11 rings (SSSR count). The Morgan fingerprint density at radius 2 is 0.946 bits per heavy atom. The number of nitriles is 2. The molecule has 0 unspecified atom stereocenters. The molecule has 0 atom stereocenters. The second-order valence-corrected chi connectivity index (χ2v) is 14.8. The van der Waals surface area contributed by atoms with Crippen LogP contribution in [0, 0.1) is 22.7 Å². The quantitative estimate of drug-likeness (QED) is 0.176. The maximum Gasteiger partial charge on any atom is 0.137 e. The van der Waals surface area contributed by atoms with Crippen LogP contribution in [-0.2, 0) is 0 Å². The Hall–Kier alpha value is -7.65. The fourth-order valence-electron chi connectivity index (χ4n) is 8.43. The van der Waals surface area contributed by atoms with Gasteiger partial charge in [-0.2, -0.15) is 10.5 Å². The Morgan fingerprint density at radius 1 is 0.464 bits per heavy atom. The van der Waals surface area contributed by atoms with Crippen molar-refractivity contribution < 1.29 is 0 Å². The molecule has 6 aromatic carbocycles. The molecule has 0 bridgehead atoms. The van der Waals surface area contributed by atoms with Gasteiger partial charge < -0.3 is 4.57 Å². The first-order valence-corrected chi connectivity index (χ1v) is 19.0. The molecule has 0 N–H and O–H groups in total. The van der Waals surface area contributed by atoms with Crippen molar-refractivity contribution in [2.75, 3.05) is 0 Å². The molecule has 0 aliphatic carbocycles. The van der Waals surface area contributed by atoms with Gasteiger partial charge in [0.25, 0.3) is 0 Å². The average molecular weight is 734 g/mol. The predicted octanol–water partition coefficient (Wildman–Crippen LogP) is 11.7. The lowest BCUT2D eigenvalue weighted by Crippen LogP contribution is -1.99. The standard InChI is InChI=1S/C48H27N7S/c49-28-30-19-24-40(31(27-30)29-50)56-33-22-20-32(21-23-33)53-37-14-4-1-11-34(37)43-46(53)44-35-12-2-5-15-38(35)54(41-17-7-9-25-51-41)48(44)45-36-13-3-6-16-39(36)55(47(43)45)42-18-8-10-26-52-42/h1-27H. The number of fused-ring (bicyclic) bond motifs is 12. The molecule has 0 aliphatic rings. The fourth-order valence-corrected chi connectivity index (χ4v) is 9.31. The van der Waals surface area contributed by atoms with Crippen LogP contribution in [0.5, 0.6) is 0 Å². The highest BCUT2D eigenvalue weighted by atomic mass is 32.2. The zero-order valence-corrected chi connectivity index (χ0v) is 30.4. The lowest BCUT2D eigenvalue weighted by molar-refractivity contribution is 1.08. The van der Waals surface area contributed by atoms with Crippen molar-refractivity contribution in [3.63, 3.8) is 0 Å². The molecular formula is C48H27N7S. The second-order valence-electron chi connectivity index (χ2n) is 13.6. The molecule has 0 amide bonds. The summed E-state index contributed by atoms with van der Waals surface area (Å²) in [5, 5.41) is 26.1. The third-order valence-electron chi connectivity index (χ3n) is 10.6. The molecule has 0 saturated heterocycles. The number of pyridine rings is 2. The summed E-state index contributed by atoms with van der Waals surface area (Å²) in [6.07, 6.45) is 3.72. The summed E-state index contributed by atoms with van der Waals surface area (Å²) in [6, 6.07) is 56.3. The van der Waals surface area contributed by atoms with Gasteiger partial charge in [-0.05, 0) is 84.9 Å². The second kappa shape index (κ2) is 12.5. The van der Waals surface area contributed by atoms with Crippen molar-refractivity contribution >= 4 is 77.2 Å². The minimum atomic E-state index is 0.472. The Labute approximate surface area is 324 Å². The van der Waals surface area contributed by atoms with Crippen molar-refractivity contribution in [2.45, 2.75) is 9.79 Å². The maximum atomic E-state index is 9.85. The number of hydrogen-bond donors (Lipinski definition) is 0. The molecule has 11 aromatic rings. The number of benzene rings is 6. The van der Waals surface area contributed by atoms with Crippen LogP contribution in [0.2, 0.25) is 0 Å². The summed E-state index contributed by atoms with van der Waals surface area (Å²) in [6.45, 7) is 0. The molecule has 0 radical (unpaired) electrons. The van der Waals surface area contributed by atoms with Gasteiger partial charge in [0.1, 0.15) is 17.7 Å². The van der Waals surface area contributed by atoms with Gasteiger partial charge in [0.15, 0.2) is 0 Å². The SMILES string of the molecule is N#Cc1ccc(Sc2ccc(-n3c4ccccc4c4c3c3c5ccccc5n(-c5ccccn5)c3c3c5ccccc5n(-c5ccccn5)c43)cc2)c(C#N)c1. The molecular weight excluding hydrogens is 707 g/mol. The van der Waals surface area contributed by atoms with Crippen molar-refractivity contribution in [3.8, 4) is 29.5 Å². The lowest BCUT2D eigenvalue weighted by Gasteiger charge is -2.13. The van der Waals surface area contributed by atoms with Gasteiger partial charge in [-0.1, -0.05) is 78.5 Å². The van der Waals surface area contributed by atoms with E-state index in [9.17, 15) is 10.5 Å². The number of para-hydroxylation sites is 3. The Morgan fingerprint density at radius 3 is 1.43 bits per heavy atom. The monoisotopic (exact) mass is 733 g/mol. The van der Waals surface area contributed by atoms with Gasteiger partial charge in [-0.3, -0.25) is 9.13 Å². The normalized spacial score (nSPS) is 11.6. The highest BCUT2D eigenvalue weighted by molar-refractivity contribution is 7.99. The van der Waals surface area contributed by atoms with Gasteiger partial charge in [-0.15, -0.1) is 0 Å². The fraction of sp³-hybridized carbons (Fsp3) is 0. The Kier molecular flexibility index (Phi) is 7.08. The molecule has 0 spiro atoms. The van der Waals surface area contributed by atoms with E-state index in [1.54, 1.807) is 12.1 Å². The summed E-state index contributed by atoms with van der Waals surface area (Å²) < 4.78 is 7.06. The third-order valence-corrected chi connectivity index (χ3v) is 11.7. The van der Waals surface area contributed by atoms with Gasteiger partial charge in [0.05, 0.1) is 50.3 Å². The van der Waals surface area contributed by atoms with Gasteiger partial charge >= 0.3 is 0 Å². The number of hydrogen-bond acceptors (Lipinski definition) is 5. The van der Waals surface area contributed by atoms with Crippen LogP contribution in [0.15, 0.2) is 174 Å². The highest BCUT2D eigenvalue weighted by Crippen LogP contribution is 2.50. The first-order chi connectivity index (χ1) is 27.7. The molecule has 8 heteroatoms. The molecule has 5 aromatic heterocycles. The van der Waals surface area contributed by atoms with E-state index < -0.39 is 0 Å². The largest absolute Gasteiger partial charge is 0.308 e. The predicted molar refractivity (Wildman–Crippen MR) is 225 cm³/mol. The summed E-state index contributed by atoms with van der Waals surface area (Å²) in [7, 11) is 0. The van der Waals surface area contributed by atoms with Crippen LogP contribution in [0.4, 0.5) is 0 Å². The van der Waals surface area contributed by atoms with Crippen LogP contribution in [0.25, 0.3) is 82.7 Å². The highest BCUT2D eigenvalue weighted by Gasteiger charge is 2.29. The molecule has 5 heterocycles. The van der Waals surface area contributed by atoms with Gasteiger partial charge in [0, 0.05) is 60.2 Å². The summed E-state index contributed by atoms with van der Waals surface area (Å²) in [5.74, 6) is 1.69. The van der Waals surface area contributed by atoms with Crippen LogP contribution < -0.4 is 0 Å². The van der Waals surface area contributed by atoms with Crippen molar-refractivity contribution in [1.82, 2.24) is 23.7 Å². The van der Waals surface area contributed by atoms with Gasteiger partial charge in [-0.25, -0.2) is 9.97 Å². The van der Waals surface area contributed by atoms with E-state index in [4.69, 9.17) is 9.97 Å². The third kappa shape index (κ3) is 4.57. The minimum Gasteiger partial charge on any atom is -0.308 e. The number of rotatable bonds is 5. The van der Waals surface area contributed by atoms with Crippen molar-refractivity contribution in [3.05, 3.63) is 175 Å². The molecule has 7 nitrogen and oxygen atoms in total. The smallest absolute Gasteiger partial charge is 0.137 e. The van der Waals surface area contributed by atoms with Crippen molar-refractivity contribution in [1.29, 1.82) is 10.5 Å². The van der Waals surface area contributed by atoms with E-state index in [0.717, 1.165) is 92.5 Å². The molecule has 0 saturated carbocycles. The summed E-state index contributed by atoms with van der Waals surface area (Å²) in [4.78, 5) is 11.7. The molecule has 56 heavy (non-hydrogen) atoms.